The Bertz CT molecular complexity index is 652. The van der Waals surface area contributed by atoms with Gasteiger partial charge in [0.05, 0.1) is 18.4 Å². The van der Waals surface area contributed by atoms with Gasteiger partial charge in [-0.15, -0.1) is 0 Å². The summed E-state index contributed by atoms with van der Waals surface area (Å²) in [5.74, 6) is 0.386. The van der Waals surface area contributed by atoms with Gasteiger partial charge >= 0.3 is 0 Å². The van der Waals surface area contributed by atoms with Gasteiger partial charge in [-0.1, -0.05) is 11.6 Å². The smallest absolute Gasteiger partial charge is 0.292 e. The molecule has 1 aliphatic rings. The molecule has 1 atom stereocenters. The van der Waals surface area contributed by atoms with Crippen LogP contribution in [0.15, 0.2) is 47.1 Å². The first-order chi connectivity index (χ1) is 10.1. The second-order valence-electron chi connectivity index (χ2n) is 4.87. The summed E-state index contributed by atoms with van der Waals surface area (Å²) in [6.07, 6.45) is 1.78. The number of nitrogens with two attached hydrogens (primary N) is 1. The molecule has 2 amide bonds. The molecule has 108 valence electrons. The van der Waals surface area contributed by atoms with Gasteiger partial charge in [0.2, 0.25) is 5.91 Å². The molecule has 2 heterocycles. The van der Waals surface area contributed by atoms with Gasteiger partial charge in [0.25, 0.3) is 5.91 Å². The minimum atomic E-state index is -0.404. The number of amides is 2. The Kier molecular flexibility index (Phi) is 3.77. The van der Waals surface area contributed by atoms with Crippen molar-refractivity contribution in [3.05, 3.63) is 53.4 Å². The fourth-order valence-corrected chi connectivity index (χ4v) is 2.51. The summed E-state index contributed by atoms with van der Waals surface area (Å²) in [4.78, 5) is 25.7. The van der Waals surface area contributed by atoms with Crippen LogP contribution in [0.25, 0.3) is 0 Å². The van der Waals surface area contributed by atoms with Crippen molar-refractivity contribution in [2.45, 2.75) is 19.0 Å². The number of hydrogen-bond acceptors (Lipinski definition) is 3. The molecule has 6 heteroatoms. The fourth-order valence-electron chi connectivity index (χ4n) is 2.39. The maximum absolute atomic E-state index is 12.4. The van der Waals surface area contributed by atoms with Crippen LogP contribution in [-0.4, -0.2) is 17.9 Å². The van der Waals surface area contributed by atoms with Crippen LogP contribution in [-0.2, 0) is 16.1 Å². The molecule has 1 aliphatic heterocycles. The van der Waals surface area contributed by atoms with Gasteiger partial charge in [-0.2, -0.15) is 0 Å². The minimum Gasteiger partial charge on any atom is -0.463 e. The van der Waals surface area contributed by atoms with Gasteiger partial charge in [-0.3, -0.25) is 9.59 Å². The Morgan fingerprint density at radius 3 is 2.67 bits per heavy atom. The Hall–Kier alpha value is -2.11. The van der Waals surface area contributed by atoms with E-state index in [0.717, 1.165) is 5.76 Å². The van der Waals surface area contributed by atoms with Crippen molar-refractivity contribution in [3.63, 3.8) is 0 Å². The normalized spacial score (nSPS) is 18.5. The maximum atomic E-state index is 12.4. The molecule has 5 nitrogen and oxygen atoms in total. The molecule has 0 unspecified atom stereocenters. The largest absolute Gasteiger partial charge is 0.463 e. The molecule has 2 N–H and O–H groups in total. The van der Waals surface area contributed by atoms with Crippen molar-refractivity contribution in [2.75, 3.05) is 4.90 Å². The van der Waals surface area contributed by atoms with Crippen LogP contribution in [0.1, 0.15) is 12.2 Å². The van der Waals surface area contributed by atoms with Crippen LogP contribution in [0, 0.1) is 0 Å². The summed E-state index contributed by atoms with van der Waals surface area (Å²) in [6.45, 7) is 0.533. The number of benzene rings is 1. The van der Waals surface area contributed by atoms with E-state index in [2.05, 4.69) is 0 Å². The molecule has 1 aromatic heterocycles. The third-order valence-electron chi connectivity index (χ3n) is 3.45. The van der Waals surface area contributed by atoms with Crippen molar-refractivity contribution < 1.29 is 19.3 Å². The Labute approximate surface area is 126 Å². The van der Waals surface area contributed by atoms with Gasteiger partial charge in [-0.05, 0) is 36.4 Å². The van der Waals surface area contributed by atoms with Crippen molar-refractivity contribution in [1.82, 2.24) is 0 Å². The highest BCUT2D eigenvalue weighted by Gasteiger charge is 2.42. The fraction of sp³-hybridized carbons (Fsp3) is 0.200. The van der Waals surface area contributed by atoms with Crippen LogP contribution < -0.4 is 10.2 Å². The number of halogens is 1. The molecule has 0 bridgehead atoms. The van der Waals surface area contributed by atoms with E-state index in [1.165, 1.54) is 4.90 Å². The summed E-state index contributed by atoms with van der Waals surface area (Å²) in [7, 11) is 0. The molecular formula is C15H14ClN2O3+. The number of imide groups is 1. The number of carbonyl (C=O) groups excluding carboxylic acids is 2. The highest BCUT2D eigenvalue weighted by molar-refractivity contribution is 6.30. The quantitative estimate of drug-likeness (QED) is 0.867. The summed E-state index contributed by atoms with van der Waals surface area (Å²) in [6, 6.07) is 9.91. The third-order valence-corrected chi connectivity index (χ3v) is 3.70. The van der Waals surface area contributed by atoms with Crippen LogP contribution in [0.5, 0.6) is 0 Å². The first-order valence-electron chi connectivity index (χ1n) is 6.63. The zero-order valence-electron chi connectivity index (χ0n) is 11.2. The molecule has 0 radical (unpaired) electrons. The van der Waals surface area contributed by atoms with E-state index in [0.29, 0.717) is 17.3 Å². The SMILES string of the molecule is O=C1C[C@H]([NH2+]Cc2ccco2)C(=O)N1c1ccc(Cl)cc1. The topological polar surface area (TPSA) is 67.1 Å². The zero-order chi connectivity index (χ0) is 14.8. The molecule has 2 aromatic rings. The van der Waals surface area contributed by atoms with Gasteiger partial charge in [0, 0.05) is 5.02 Å². The third kappa shape index (κ3) is 2.84. The predicted octanol–water partition coefficient (Wildman–Crippen LogP) is 1.33. The van der Waals surface area contributed by atoms with E-state index in [4.69, 9.17) is 16.0 Å². The van der Waals surface area contributed by atoms with Gasteiger partial charge in [0.15, 0.2) is 11.8 Å². The lowest BCUT2D eigenvalue weighted by atomic mass is 10.2. The first-order valence-corrected chi connectivity index (χ1v) is 7.01. The zero-order valence-corrected chi connectivity index (χ0v) is 11.9. The number of nitrogens with zero attached hydrogens (tertiary/aromatic N) is 1. The van der Waals surface area contributed by atoms with Crippen LogP contribution >= 0.6 is 11.6 Å². The molecule has 0 spiro atoms. The lowest BCUT2D eigenvalue weighted by Crippen LogP contribution is -2.90. The van der Waals surface area contributed by atoms with E-state index >= 15 is 0 Å². The minimum absolute atomic E-state index is 0.192. The van der Waals surface area contributed by atoms with E-state index in [1.807, 2.05) is 11.4 Å². The van der Waals surface area contributed by atoms with Crippen LogP contribution in [0.3, 0.4) is 0 Å². The molecular weight excluding hydrogens is 292 g/mol. The number of quaternary nitrogens is 1. The number of furan rings is 1. The van der Waals surface area contributed by atoms with Gasteiger partial charge < -0.3 is 9.73 Å². The number of carbonyl (C=O) groups is 2. The molecule has 0 aliphatic carbocycles. The maximum Gasteiger partial charge on any atom is 0.292 e. The number of rotatable bonds is 4. The highest BCUT2D eigenvalue weighted by atomic mass is 35.5. The van der Waals surface area contributed by atoms with Gasteiger partial charge in [-0.25, -0.2) is 4.90 Å². The Morgan fingerprint density at radius 2 is 2.00 bits per heavy atom. The molecule has 21 heavy (non-hydrogen) atoms. The van der Waals surface area contributed by atoms with Crippen LogP contribution in [0.2, 0.25) is 5.02 Å². The summed E-state index contributed by atoms with van der Waals surface area (Å²) in [5.41, 5.74) is 0.559. The van der Waals surface area contributed by atoms with Crippen molar-refractivity contribution in [1.29, 1.82) is 0 Å². The van der Waals surface area contributed by atoms with Crippen molar-refractivity contribution >= 4 is 29.1 Å². The van der Waals surface area contributed by atoms with Gasteiger partial charge in [0.1, 0.15) is 6.54 Å². The van der Waals surface area contributed by atoms with E-state index in [9.17, 15) is 9.59 Å². The second-order valence-corrected chi connectivity index (χ2v) is 5.31. The number of anilines is 1. The summed E-state index contributed by atoms with van der Waals surface area (Å²) < 4.78 is 5.22. The average Bonchev–Trinajstić information content (AvgIpc) is 3.07. The van der Waals surface area contributed by atoms with Crippen molar-refractivity contribution in [3.8, 4) is 0 Å². The summed E-state index contributed by atoms with van der Waals surface area (Å²) in [5, 5.41) is 2.40. The molecule has 1 saturated heterocycles. The monoisotopic (exact) mass is 305 g/mol. The highest BCUT2D eigenvalue weighted by Crippen LogP contribution is 2.23. The first kappa shape index (κ1) is 13.9. The predicted molar refractivity (Wildman–Crippen MR) is 76.7 cm³/mol. The second kappa shape index (κ2) is 5.71. The molecule has 1 aromatic carbocycles. The van der Waals surface area contributed by atoms with Crippen molar-refractivity contribution in [2.24, 2.45) is 0 Å². The standard InChI is InChI=1S/C15H13ClN2O3/c16-10-3-5-11(6-4-10)18-14(19)8-13(15(18)20)17-9-12-2-1-7-21-12/h1-7,13,17H,8-9H2/p+1/t13-/m0/s1. The lowest BCUT2D eigenvalue weighted by molar-refractivity contribution is -0.691. The lowest BCUT2D eigenvalue weighted by Gasteiger charge is -2.14. The molecule has 3 rings (SSSR count). The number of hydrogen-bond donors (Lipinski definition) is 1. The average molecular weight is 306 g/mol. The van der Waals surface area contributed by atoms with E-state index in [-0.39, 0.29) is 18.2 Å². The molecule has 1 fully saturated rings. The van der Waals surface area contributed by atoms with E-state index in [1.54, 1.807) is 36.6 Å². The summed E-state index contributed by atoms with van der Waals surface area (Å²) >= 11 is 5.82. The molecule has 0 saturated carbocycles. The van der Waals surface area contributed by atoms with E-state index < -0.39 is 6.04 Å². The van der Waals surface area contributed by atoms with Crippen LogP contribution in [0.4, 0.5) is 5.69 Å². The Morgan fingerprint density at radius 1 is 1.24 bits per heavy atom. The Balaban J connectivity index is 1.71.